The molecule has 2 atom stereocenters. The summed E-state index contributed by atoms with van der Waals surface area (Å²) in [6, 6.07) is 0.629. The fourth-order valence-corrected chi connectivity index (χ4v) is 2.84. The van der Waals surface area contributed by atoms with Gasteiger partial charge in [-0.25, -0.2) is 4.98 Å². The highest BCUT2D eigenvalue weighted by molar-refractivity contribution is 7.11. The van der Waals surface area contributed by atoms with E-state index >= 15 is 0 Å². The smallest absolute Gasteiger partial charge is 0.107 e. The predicted molar refractivity (Wildman–Crippen MR) is 71.8 cm³/mol. The molecule has 1 aromatic rings. The molecule has 2 unspecified atom stereocenters. The van der Waals surface area contributed by atoms with Gasteiger partial charge in [-0.15, -0.1) is 11.3 Å². The lowest BCUT2D eigenvalue weighted by atomic mass is 9.95. The van der Waals surface area contributed by atoms with E-state index in [1.54, 1.807) is 11.3 Å². The number of aryl methyl sites for hydroxylation is 1. The Morgan fingerprint density at radius 3 is 2.69 bits per heavy atom. The molecule has 1 aromatic heterocycles. The van der Waals surface area contributed by atoms with Crippen molar-refractivity contribution in [2.75, 3.05) is 0 Å². The molecule has 0 aliphatic heterocycles. The Hall–Kier alpha value is -0.410. The summed E-state index contributed by atoms with van der Waals surface area (Å²) in [4.78, 5) is 5.68. The molecule has 0 fully saturated rings. The monoisotopic (exact) mass is 240 g/mol. The van der Waals surface area contributed by atoms with E-state index in [1.165, 1.54) is 29.1 Å². The molecule has 0 amide bonds. The summed E-state index contributed by atoms with van der Waals surface area (Å²) < 4.78 is 0. The van der Waals surface area contributed by atoms with Crippen LogP contribution in [0.1, 0.15) is 49.9 Å². The van der Waals surface area contributed by atoms with E-state index in [2.05, 4.69) is 38.0 Å². The summed E-state index contributed by atoms with van der Waals surface area (Å²) in [7, 11) is 0. The molecule has 1 heterocycles. The molecule has 0 spiro atoms. The molecule has 16 heavy (non-hydrogen) atoms. The van der Waals surface area contributed by atoms with E-state index in [4.69, 9.17) is 0 Å². The minimum absolute atomic E-state index is 0.629. The molecule has 0 saturated heterocycles. The fraction of sp³-hybridized carbons (Fsp3) is 0.769. The van der Waals surface area contributed by atoms with Crippen molar-refractivity contribution in [3.63, 3.8) is 0 Å². The van der Waals surface area contributed by atoms with Crippen LogP contribution in [0.2, 0.25) is 0 Å². The first-order chi connectivity index (χ1) is 7.67. The molecular weight excluding hydrogens is 216 g/mol. The SMILES string of the molecule is CCCC(C)C(CC)NCc1ncc(C)s1. The average Bonchev–Trinajstić information content (AvgIpc) is 2.65. The Balaban J connectivity index is 2.39. The number of nitrogens with one attached hydrogen (secondary N) is 1. The molecule has 2 nitrogen and oxygen atoms in total. The van der Waals surface area contributed by atoms with Crippen molar-refractivity contribution in [3.8, 4) is 0 Å². The van der Waals surface area contributed by atoms with Gasteiger partial charge < -0.3 is 5.32 Å². The van der Waals surface area contributed by atoms with Crippen LogP contribution in [0, 0.1) is 12.8 Å². The summed E-state index contributed by atoms with van der Waals surface area (Å²) >= 11 is 1.79. The lowest BCUT2D eigenvalue weighted by Crippen LogP contribution is -2.33. The molecule has 0 radical (unpaired) electrons. The number of nitrogens with zero attached hydrogens (tertiary/aromatic N) is 1. The van der Waals surface area contributed by atoms with E-state index in [9.17, 15) is 0 Å². The number of aromatic nitrogens is 1. The maximum absolute atomic E-state index is 4.38. The van der Waals surface area contributed by atoms with Gasteiger partial charge in [-0.1, -0.05) is 27.2 Å². The maximum Gasteiger partial charge on any atom is 0.107 e. The lowest BCUT2D eigenvalue weighted by molar-refractivity contribution is 0.344. The molecule has 1 rings (SSSR count). The summed E-state index contributed by atoms with van der Waals surface area (Å²) in [5.41, 5.74) is 0. The van der Waals surface area contributed by atoms with Crippen molar-refractivity contribution in [2.45, 2.75) is 59.5 Å². The van der Waals surface area contributed by atoms with Crippen molar-refractivity contribution < 1.29 is 0 Å². The second kappa shape index (κ2) is 7.02. The third-order valence-electron chi connectivity index (χ3n) is 3.06. The molecule has 0 aliphatic rings. The zero-order chi connectivity index (χ0) is 12.0. The quantitative estimate of drug-likeness (QED) is 0.785. The number of thiazole rings is 1. The first kappa shape index (κ1) is 13.7. The van der Waals surface area contributed by atoms with Gasteiger partial charge in [0.05, 0.1) is 0 Å². The molecular formula is C13H24N2S. The second-order valence-electron chi connectivity index (χ2n) is 4.53. The standard InChI is InChI=1S/C13H24N2S/c1-5-7-10(3)12(6-2)14-9-13-15-8-11(4)16-13/h8,10,12,14H,5-7,9H2,1-4H3. The van der Waals surface area contributed by atoms with Gasteiger partial charge in [0, 0.05) is 23.7 Å². The van der Waals surface area contributed by atoms with Gasteiger partial charge in [0.25, 0.3) is 0 Å². The second-order valence-corrected chi connectivity index (χ2v) is 5.85. The van der Waals surface area contributed by atoms with Crippen LogP contribution in [0.3, 0.4) is 0 Å². The summed E-state index contributed by atoms with van der Waals surface area (Å²) in [5.74, 6) is 0.760. The van der Waals surface area contributed by atoms with Crippen molar-refractivity contribution in [3.05, 3.63) is 16.1 Å². The first-order valence-corrected chi connectivity index (χ1v) is 7.13. The molecule has 3 heteroatoms. The minimum atomic E-state index is 0.629. The average molecular weight is 240 g/mol. The minimum Gasteiger partial charge on any atom is -0.307 e. The number of hydrogen-bond donors (Lipinski definition) is 1. The normalized spacial score (nSPS) is 15.0. The van der Waals surface area contributed by atoms with E-state index in [0.717, 1.165) is 12.5 Å². The van der Waals surface area contributed by atoms with Gasteiger partial charge in [-0.3, -0.25) is 0 Å². The van der Waals surface area contributed by atoms with Crippen molar-refractivity contribution in [1.29, 1.82) is 0 Å². The van der Waals surface area contributed by atoms with E-state index in [-0.39, 0.29) is 0 Å². The summed E-state index contributed by atoms with van der Waals surface area (Å²) in [6.45, 7) is 9.89. The maximum atomic E-state index is 4.38. The van der Waals surface area contributed by atoms with Crippen LogP contribution in [0.15, 0.2) is 6.20 Å². The molecule has 1 N–H and O–H groups in total. The van der Waals surface area contributed by atoms with Crippen LogP contribution in [0.25, 0.3) is 0 Å². The van der Waals surface area contributed by atoms with Gasteiger partial charge in [-0.05, 0) is 25.7 Å². The largest absolute Gasteiger partial charge is 0.307 e. The number of rotatable bonds is 7. The van der Waals surface area contributed by atoms with Crippen LogP contribution in [0.4, 0.5) is 0 Å². The summed E-state index contributed by atoms with van der Waals surface area (Å²) in [5, 5.41) is 4.84. The Bertz CT molecular complexity index is 296. The van der Waals surface area contributed by atoms with Gasteiger partial charge >= 0.3 is 0 Å². The topological polar surface area (TPSA) is 24.9 Å². The van der Waals surface area contributed by atoms with Gasteiger partial charge in [-0.2, -0.15) is 0 Å². The molecule has 92 valence electrons. The summed E-state index contributed by atoms with van der Waals surface area (Å²) in [6.07, 6.45) is 5.74. The lowest BCUT2D eigenvalue weighted by Gasteiger charge is -2.23. The van der Waals surface area contributed by atoms with Crippen molar-refractivity contribution in [2.24, 2.45) is 5.92 Å². The van der Waals surface area contributed by atoms with Crippen LogP contribution < -0.4 is 5.32 Å². The highest BCUT2D eigenvalue weighted by Crippen LogP contribution is 2.15. The Labute approximate surface area is 103 Å². The third kappa shape index (κ3) is 4.22. The van der Waals surface area contributed by atoms with Crippen LogP contribution in [-0.4, -0.2) is 11.0 Å². The van der Waals surface area contributed by atoms with Crippen molar-refractivity contribution >= 4 is 11.3 Å². The Morgan fingerprint density at radius 1 is 1.44 bits per heavy atom. The van der Waals surface area contributed by atoms with E-state index in [1.807, 2.05) is 6.20 Å². The molecule has 0 saturated carbocycles. The fourth-order valence-electron chi connectivity index (χ4n) is 2.11. The highest BCUT2D eigenvalue weighted by atomic mass is 32.1. The zero-order valence-corrected chi connectivity index (χ0v) is 11.7. The van der Waals surface area contributed by atoms with E-state index in [0.29, 0.717) is 6.04 Å². The molecule has 0 aliphatic carbocycles. The van der Waals surface area contributed by atoms with Crippen molar-refractivity contribution in [1.82, 2.24) is 10.3 Å². The van der Waals surface area contributed by atoms with Crippen LogP contribution in [0.5, 0.6) is 0 Å². The van der Waals surface area contributed by atoms with Crippen LogP contribution in [-0.2, 0) is 6.54 Å². The number of hydrogen-bond acceptors (Lipinski definition) is 3. The third-order valence-corrected chi connectivity index (χ3v) is 3.97. The highest BCUT2D eigenvalue weighted by Gasteiger charge is 2.14. The predicted octanol–water partition coefficient (Wildman–Crippen LogP) is 3.76. The first-order valence-electron chi connectivity index (χ1n) is 6.32. The van der Waals surface area contributed by atoms with Gasteiger partial charge in [0.1, 0.15) is 5.01 Å². The molecule has 0 bridgehead atoms. The van der Waals surface area contributed by atoms with Gasteiger partial charge in [0.2, 0.25) is 0 Å². The Morgan fingerprint density at radius 2 is 2.19 bits per heavy atom. The van der Waals surface area contributed by atoms with Crippen LogP contribution >= 0.6 is 11.3 Å². The molecule has 0 aromatic carbocycles. The Kier molecular flexibility index (Phi) is 5.99. The van der Waals surface area contributed by atoms with E-state index < -0.39 is 0 Å². The zero-order valence-electron chi connectivity index (χ0n) is 10.9. The van der Waals surface area contributed by atoms with Gasteiger partial charge in [0.15, 0.2) is 0 Å².